The lowest BCUT2D eigenvalue weighted by molar-refractivity contribution is 0.102. The summed E-state index contributed by atoms with van der Waals surface area (Å²) < 4.78 is 7.26. The van der Waals surface area contributed by atoms with Crippen LogP contribution >= 0.6 is 23.2 Å². The third kappa shape index (κ3) is 3.78. The highest BCUT2D eigenvalue weighted by atomic mass is 35.5. The van der Waals surface area contributed by atoms with E-state index in [2.05, 4.69) is 5.32 Å². The molecule has 4 rings (SSSR count). The van der Waals surface area contributed by atoms with Crippen molar-refractivity contribution in [3.8, 4) is 16.9 Å². The van der Waals surface area contributed by atoms with Crippen LogP contribution in [0.15, 0.2) is 71.5 Å². The molecule has 0 spiro atoms. The van der Waals surface area contributed by atoms with Crippen molar-refractivity contribution in [2.75, 3.05) is 12.4 Å². The van der Waals surface area contributed by atoms with Crippen LogP contribution in [0.3, 0.4) is 0 Å². The van der Waals surface area contributed by atoms with Gasteiger partial charge in [0.1, 0.15) is 11.6 Å². The number of nitrogens with zero attached hydrogens (tertiary/aromatic N) is 1. The summed E-state index contributed by atoms with van der Waals surface area (Å²) in [7, 11) is 3.33. The highest BCUT2D eigenvalue weighted by Crippen LogP contribution is 2.34. The molecule has 0 unspecified atom stereocenters. The summed E-state index contributed by atoms with van der Waals surface area (Å²) in [6.07, 6.45) is 0. The Hall–Kier alpha value is -3.28. The number of amides is 1. The standard InChI is InChI=1S/C24H18Cl2N2O3/c1-28-19-9-5-3-7-16(19)22(29)21(17-8-4-6-10-20(17)31-2)23(28)27-24(30)15-12-11-14(25)13-18(15)26/h3-13H,1-2H3,(H,27,30). The molecule has 0 aliphatic heterocycles. The molecule has 31 heavy (non-hydrogen) atoms. The average Bonchev–Trinajstić information content (AvgIpc) is 2.77. The first-order chi connectivity index (χ1) is 14.9. The zero-order chi connectivity index (χ0) is 22.1. The molecule has 3 aromatic carbocycles. The van der Waals surface area contributed by atoms with E-state index < -0.39 is 5.91 Å². The minimum absolute atomic E-state index is 0.212. The largest absolute Gasteiger partial charge is 0.496 e. The van der Waals surface area contributed by atoms with Gasteiger partial charge in [-0.1, -0.05) is 53.5 Å². The molecule has 1 aromatic heterocycles. The lowest BCUT2D eigenvalue weighted by atomic mass is 10.0. The van der Waals surface area contributed by atoms with Crippen LogP contribution in [-0.2, 0) is 7.05 Å². The van der Waals surface area contributed by atoms with Crippen LogP contribution in [0.25, 0.3) is 22.0 Å². The molecular weight excluding hydrogens is 435 g/mol. The summed E-state index contributed by atoms with van der Waals surface area (Å²) in [5, 5.41) is 4.06. The Labute approximate surface area is 188 Å². The summed E-state index contributed by atoms with van der Waals surface area (Å²) in [6, 6.07) is 19.1. The summed E-state index contributed by atoms with van der Waals surface area (Å²) in [6.45, 7) is 0. The number of pyridine rings is 1. The van der Waals surface area contributed by atoms with Crippen molar-refractivity contribution < 1.29 is 9.53 Å². The number of para-hydroxylation sites is 2. The zero-order valence-corrected chi connectivity index (χ0v) is 18.3. The van der Waals surface area contributed by atoms with E-state index in [-0.39, 0.29) is 16.0 Å². The van der Waals surface area contributed by atoms with Gasteiger partial charge in [-0.3, -0.25) is 9.59 Å². The molecule has 0 saturated carbocycles. The molecule has 1 N–H and O–H groups in total. The number of anilines is 1. The van der Waals surface area contributed by atoms with E-state index in [4.69, 9.17) is 27.9 Å². The summed E-state index contributed by atoms with van der Waals surface area (Å²) >= 11 is 12.2. The highest BCUT2D eigenvalue weighted by Gasteiger charge is 2.22. The van der Waals surface area contributed by atoms with Crippen LogP contribution in [0, 0.1) is 0 Å². The minimum atomic E-state index is -0.455. The van der Waals surface area contributed by atoms with E-state index in [0.717, 1.165) is 0 Å². The summed E-state index contributed by atoms with van der Waals surface area (Å²) in [5.74, 6) is 0.405. The van der Waals surface area contributed by atoms with Gasteiger partial charge < -0.3 is 14.6 Å². The van der Waals surface area contributed by atoms with Crippen molar-refractivity contribution in [2.24, 2.45) is 7.05 Å². The quantitative estimate of drug-likeness (QED) is 0.427. The molecular formula is C24H18Cl2N2O3. The summed E-state index contributed by atoms with van der Waals surface area (Å²) in [4.78, 5) is 26.6. The number of aromatic nitrogens is 1. The van der Waals surface area contributed by atoms with E-state index >= 15 is 0 Å². The van der Waals surface area contributed by atoms with Crippen LogP contribution in [0.4, 0.5) is 5.82 Å². The van der Waals surface area contributed by atoms with Crippen molar-refractivity contribution in [2.45, 2.75) is 0 Å². The van der Waals surface area contributed by atoms with Crippen molar-refractivity contribution in [3.05, 3.63) is 92.6 Å². The number of nitrogens with one attached hydrogen (secondary N) is 1. The van der Waals surface area contributed by atoms with Gasteiger partial charge in [-0.2, -0.15) is 0 Å². The molecule has 0 aliphatic rings. The predicted molar refractivity (Wildman–Crippen MR) is 126 cm³/mol. The molecule has 7 heteroatoms. The van der Waals surface area contributed by atoms with Gasteiger partial charge in [0.15, 0.2) is 5.43 Å². The molecule has 0 radical (unpaired) electrons. The van der Waals surface area contributed by atoms with Crippen molar-refractivity contribution in [1.82, 2.24) is 4.57 Å². The molecule has 0 aliphatic carbocycles. The van der Waals surface area contributed by atoms with Gasteiger partial charge >= 0.3 is 0 Å². The second kappa shape index (κ2) is 8.46. The lowest BCUT2D eigenvalue weighted by Crippen LogP contribution is -2.21. The van der Waals surface area contributed by atoms with Gasteiger partial charge in [-0.15, -0.1) is 0 Å². The van der Waals surface area contributed by atoms with E-state index in [0.29, 0.717) is 38.6 Å². The van der Waals surface area contributed by atoms with Crippen LogP contribution < -0.4 is 15.5 Å². The van der Waals surface area contributed by atoms with Gasteiger partial charge in [0.2, 0.25) is 0 Å². The number of benzene rings is 3. The number of aryl methyl sites for hydroxylation is 1. The van der Waals surface area contributed by atoms with Gasteiger partial charge in [0, 0.05) is 23.0 Å². The average molecular weight is 453 g/mol. The maximum absolute atomic E-state index is 13.5. The fraction of sp³-hybridized carbons (Fsp3) is 0.0833. The van der Waals surface area contributed by atoms with Crippen molar-refractivity contribution >= 4 is 45.8 Å². The fourth-order valence-corrected chi connectivity index (χ4v) is 4.08. The molecule has 4 aromatic rings. The molecule has 0 saturated heterocycles. The molecule has 0 fully saturated rings. The third-order valence-corrected chi connectivity index (χ3v) is 5.64. The molecule has 1 heterocycles. The Bertz CT molecular complexity index is 1380. The van der Waals surface area contributed by atoms with Crippen LogP contribution in [0.2, 0.25) is 10.0 Å². The van der Waals surface area contributed by atoms with E-state index in [1.165, 1.54) is 13.2 Å². The maximum atomic E-state index is 13.5. The number of methoxy groups -OCH3 is 1. The predicted octanol–water partition coefficient (Wildman–Crippen LogP) is 5.77. The van der Waals surface area contributed by atoms with E-state index in [1.54, 1.807) is 41.9 Å². The highest BCUT2D eigenvalue weighted by molar-refractivity contribution is 6.37. The molecule has 0 bridgehead atoms. The van der Waals surface area contributed by atoms with Crippen molar-refractivity contribution in [3.63, 3.8) is 0 Å². The lowest BCUT2D eigenvalue weighted by Gasteiger charge is -2.19. The second-order valence-corrected chi connectivity index (χ2v) is 7.75. The summed E-state index contributed by atoms with van der Waals surface area (Å²) in [5.41, 5.74) is 1.63. The van der Waals surface area contributed by atoms with E-state index in [1.807, 2.05) is 30.3 Å². The number of ether oxygens (including phenoxy) is 1. The topological polar surface area (TPSA) is 60.3 Å². The first kappa shape index (κ1) is 21.0. The Balaban J connectivity index is 1.98. The second-order valence-electron chi connectivity index (χ2n) is 6.91. The number of halogens is 2. The molecule has 0 atom stereocenters. The monoisotopic (exact) mass is 452 g/mol. The van der Waals surface area contributed by atoms with Gasteiger partial charge in [-0.05, 0) is 36.4 Å². The normalized spacial score (nSPS) is 10.8. The number of hydrogen-bond acceptors (Lipinski definition) is 3. The van der Waals surface area contributed by atoms with Crippen LogP contribution in [0.5, 0.6) is 5.75 Å². The number of rotatable bonds is 4. The number of carbonyl (C=O) groups excluding carboxylic acids is 1. The van der Waals surface area contributed by atoms with Crippen LogP contribution in [-0.4, -0.2) is 17.6 Å². The fourth-order valence-electron chi connectivity index (χ4n) is 3.58. The van der Waals surface area contributed by atoms with Crippen LogP contribution in [0.1, 0.15) is 10.4 Å². The number of fused-ring (bicyclic) bond motifs is 1. The first-order valence-corrected chi connectivity index (χ1v) is 10.2. The maximum Gasteiger partial charge on any atom is 0.258 e. The Morgan fingerprint density at radius 2 is 1.71 bits per heavy atom. The SMILES string of the molecule is COc1ccccc1-c1c(NC(=O)c2ccc(Cl)cc2Cl)n(C)c2ccccc2c1=O. The molecule has 5 nitrogen and oxygen atoms in total. The van der Waals surface area contributed by atoms with E-state index in [9.17, 15) is 9.59 Å². The van der Waals surface area contributed by atoms with Crippen molar-refractivity contribution in [1.29, 1.82) is 0 Å². The minimum Gasteiger partial charge on any atom is -0.496 e. The third-order valence-electron chi connectivity index (χ3n) is 5.09. The van der Waals surface area contributed by atoms with Gasteiger partial charge in [-0.25, -0.2) is 0 Å². The Morgan fingerprint density at radius 1 is 1.00 bits per heavy atom. The smallest absolute Gasteiger partial charge is 0.258 e. The molecule has 156 valence electrons. The van der Waals surface area contributed by atoms with Gasteiger partial charge in [0.05, 0.1) is 28.8 Å². The number of hydrogen-bond donors (Lipinski definition) is 1. The Morgan fingerprint density at radius 3 is 2.45 bits per heavy atom. The Kier molecular flexibility index (Phi) is 5.72. The first-order valence-electron chi connectivity index (χ1n) is 9.44. The van der Waals surface area contributed by atoms with Gasteiger partial charge in [0.25, 0.3) is 5.91 Å². The molecule has 1 amide bonds. The number of carbonyl (C=O) groups is 1. The zero-order valence-electron chi connectivity index (χ0n) is 16.8.